The van der Waals surface area contributed by atoms with Crippen LogP contribution in [0.5, 0.6) is 5.75 Å². The van der Waals surface area contributed by atoms with E-state index in [0.717, 1.165) is 30.0 Å². The summed E-state index contributed by atoms with van der Waals surface area (Å²) in [6, 6.07) is 3.93. The van der Waals surface area contributed by atoms with Gasteiger partial charge < -0.3 is 10.1 Å². The van der Waals surface area contributed by atoms with Gasteiger partial charge in [0, 0.05) is 24.7 Å². The molecular formula is C11H11NO2. The van der Waals surface area contributed by atoms with E-state index >= 15 is 0 Å². The van der Waals surface area contributed by atoms with Gasteiger partial charge in [-0.2, -0.15) is 0 Å². The van der Waals surface area contributed by atoms with Crippen molar-refractivity contribution in [3.05, 3.63) is 23.3 Å². The highest BCUT2D eigenvalue weighted by atomic mass is 16.5. The Morgan fingerprint density at radius 1 is 1.29 bits per heavy atom. The monoisotopic (exact) mass is 189 g/mol. The molecule has 0 fully saturated rings. The number of carbonyl (C=O) groups is 1. The molecule has 1 aromatic carbocycles. The van der Waals surface area contributed by atoms with Crippen molar-refractivity contribution < 1.29 is 9.53 Å². The van der Waals surface area contributed by atoms with E-state index < -0.39 is 0 Å². The molecule has 2 aliphatic heterocycles. The van der Waals surface area contributed by atoms with E-state index in [1.54, 1.807) is 0 Å². The van der Waals surface area contributed by atoms with Gasteiger partial charge in [0.2, 0.25) is 0 Å². The number of ether oxygens (including phenoxy) is 1. The van der Waals surface area contributed by atoms with Crippen LogP contribution < -0.4 is 10.1 Å². The van der Waals surface area contributed by atoms with Crippen molar-refractivity contribution in [2.24, 2.45) is 0 Å². The van der Waals surface area contributed by atoms with Crippen molar-refractivity contribution in [1.29, 1.82) is 0 Å². The Kier molecular flexibility index (Phi) is 1.54. The largest absolute Gasteiger partial charge is 0.492 e. The van der Waals surface area contributed by atoms with Crippen LogP contribution in [0.15, 0.2) is 12.1 Å². The van der Waals surface area contributed by atoms with Crippen LogP contribution in [-0.2, 0) is 6.42 Å². The number of fused-ring (bicyclic) bond motifs is 2. The zero-order chi connectivity index (χ0) is 9.54. The van der Waals surface area contributed by atoms with Gasteiger partial charge in [0.25, 0.3) is 0 Å². The normalized spacial score (nSPS) is 18.1. The third-order valence-electron chi connectivity index (χ3n) is 2.80. The molecule has 1 N–H and O–H groups in total. The number of hydrogen-bond acceptors (Lipinski definition) is 3. The Morgan fingerprint density at radius 2 is 2.21 bits per heavy atom. The molecule has 0 radical (unpaired) electrons. The molecule has 0 amide bonds. The van der Waals surface area contributed by atoms with Crippen LogP contribution in [0, 0.1) is 0 Å². The summed E-state index contributed by atoms with van der Waals surface area (Å²) in [5.41, 5.74) is 3.12. The van der Waals surface area contributed by atoms with Crippen LogP contribution in [0.2, 0.25) is 0 Å². The van der Waals surface area contributed by atoms with Crippen molar-refractivity contribution in [3.63, 3.8) is 0 Å². The molecule has 0 atom stereocenters. The maximum absolute atomic E-state index is 11.6. The smallest absolute Gasteiger partial charge is 0.170 e. The predicted octanol–water partition coefficient (Wildman–Crippen LogP) is 1.62. The molecule has 0 aliphatic carbocycles. The van der Waals surface area contributed by atoms with Crippen LogP contribution in [0.25, 0.3) is 0 Å². The third-order valence-corrected chi connectivity index (χ3v) is 2.80. The van der Waals surface area contributed by atoms with Crippen molar-refractivity contribution in [1.82, 2.24) is 0 Å². The molecule has 14 heavy (non-hydrogen) atoms. The first-order valence-corrected chi connectivity index (χ1v) is 4.91. The highest BCUT2D eigenvalue weighted by Gasteiger charge is 2.22. The van der Waals surface area contributed by atoms with Crippen LogP contribution in [0.4, 0.5) is 5.69 Å². The number of hydrogen-bond donors (Lipinski definition) is 1. The number of ketones is 1. The van der Waals surface area contributed by atoms with E-state index in [0.29, 0.717) is 13.0 Å². The maximum atomic E-state index is 11.6. The Bertz CT molecular complexity index is 412. The number of nitrogens with one attached hydrogen (secondary N) is 1. The Morgan fingerprint density at radius 3 is 3.14 bits per heavy atom. The van der Waals surface area contributed by atoms with Crippen molar-refractivity contribution >= 4 is 11.5 Å². The van der Waals surface area contributed by atoms with Gasteiger partial charge in [-0.3, -0.25) is 4.79 Å². The maximum Gasteiger partial charge on any atom is 0.170 e. The minimum absolute atomic E-state index is 0.209. The quantitative estimate of drug-likeness (QED) is 0.674. The number of benzene rings is 1. The molecule has 0 aromatic heterocycles. The molecule has 0 saturated carbocycles. The Hall–Kier alpha value is -1.51. The topological polar surface area (TPSA) is 38.3 Å². The first-order valence-electron chi connectivity index (χ1n) is 4.91. The lowest BCUT2D eigenvalue weighted by Gasteiger charge is -2.17. The SMILES string of the molecule is O=C1CCOc2cc3c(cc21)CCN3. The zero-order valence-corrected chi connectivity index (χ0v) is 7.80. The molecule has 3 nitrogen and oxygen atoms in total. The van der Waals surface area contributed by atoms with Crippen LogP contribution in [0.1, 0.15) is 22.3 Å². The fourth-order valence-corrected chi connectivity index (χ4v) is 2.05. The molecule has 0 saturated heterocycles. The summed E-state index contributed by atoms with van der Waals surface area (Å²) < 4.78 is 5.46. The van der Waals surface area contributed by atoms with Gasteiger partial charge in [-0.05, 0) is 18.1 Å². The molecule has 3 heteroatoms. The highest BCUT2D eigenvalue weighted by molar-refractivity contribution is 6.00. The van der Waals surface area contributed by atoms with Crippen LogP contribution in [-0.4, -0.2) is 18.9 Å². The summed E-state index contributed by atoms with van der Waals surface area (Å²) in [6.45, 7) is 1.48. The molecule has 3 rings (SSSR count). The van der Waals surface area contributed by atoms with Gasteiger partial charge >= 0.3 is 0 Å². The van der Waals surface area contributed by atoms with Gasteiger partial charge in [-0.1, -0.05) is 0 Å². The van der Waals surface area contributed by atoms with E-state index in [9.17, 15) is 4.79 Å². The number of Topliss-reactive ketones (excluding diaryl/α,β-unsaturated/α-hetero) is 1. The fourth-order valence-electron chi connectivity index (χ4n) is 2.05. The van der Waals surface area contributed by atoms with E-state index in [-0.39, 0.29) is 5.78 Å². The third kappa shape index (κ3) is 1.02. The fraction of sp³-hybridized carbons (Fsp3) is 0.364. The summed E-state index contributed by atoms with van der Waals surface area (Å²) in [5, 5.41) is 3.27. The average molecular weight is 189 g/mol. The first kappa shape index (κ1) is 7.85. The Labute approximate surface area is 82.1 Å². The molecule has 2 aliphatic rings. The molecule has 0 unspecified atom stereocenters. The average Bonchev–Trinajstić information content (AvgIpc) is 2.62. The van der Waals surface area contributed by atoms with Gasteiger partial charge in [0.05, 0.1) is 12.2 Å². The lowest BCUT2D eigenvalue weighted by molar-refractivity contribution is 0.0933. The molecule has 0 bridgehead atoms. The predicted molar refractivity (Wildman–Crippen MR) is 53.1 cm³/mol. The standard InChI is InChI=1S/C11H11NO2/c13-10-2-4-14-11-6-9-7(1-3-12-9)5-8(10)11/h5-6,12H,1-4H2. The van der Waals surface area contributed by atoms with Gasteiger partial charge in [0.15, 0.2) is 5.78 Å². The second-order valence-corrected chi connectivity index (χ2v) is 3.70. The van der Waals surface area contributed by atoms with Gasteiger partial charge in [-0.15, -0.1) is 0 Å². The molecule has 1 aromatic rings. The summed E-state index contributed by atoms with van der Waals surface area (Å²) in [6.07, 6.45) is 1.52. The van der Waals surface area contributed by atoms with Crippen molar-refractivity contribution in [2.45, 2.75) is 12.8 Å². The van der Waals surface area contributed by atoms with E-state index in [2.05, 4.69) is 5.32 Å². The van der Waals surface area contributed by atoms with Crippen molar-refractivity contribution in [2.75, 3.05) is 18.5 Å². The zero-order valence-electron chi connectivity index (χ0n) is 7.80. The van der Waals surface area contributed by atoms with E-state index in [4.69, 9.17) is 4.74 Å². The number of anilines is 1. The highest BCUT2D eigenvalue weighted by Crippen LogP contribution is 2.33. The van der Waals surface area contributed by atoms with Gasteiger partial charge in [-0.25, -0.2) is 0 Å². The summed E-state index contributed by atoms with van der Waals surface area (Å²) in [7, 11) is 0. The minimum atomic E-state index is 0.209. The van der Waals surface area contributed by atoms with E-state index in [1.165, 1.54) is 5.56 Å². The summed E-state index contributed by atoms with van der Waals surface area (Å²) in [5.74, 6) is 0.954. The number of carbonyl (C=O) groups excluding carboxylic acids is 1. The summed E-state index contributed by atoms with van der Waals surface area (Å²) >= 11 is 0. The minimum Gasteiger partial charge on any atom is -0.492 e. The second kappa shape index (κ2) is 2.74. The van der Waals surface area contributed by atoms with Gasteiger partial charge in [0.1, 0.15) is 5.75 Å². The lowest BCUT2D eigenvalue weighted by atomic mass is 10.0. The molecule has 2 heterocycles. The van der Waals surface area contributed by atoms with Crippen LogP contribution in [0.3, 0.4) is 0 Å². The number of rotatable bonds is 0. The lowest BCUT2D eigenvalue weighted by Crippen LogP contribution is -2.15. The second-order valence-electron chi connectivity index (χ2n) is 3.70. The van der Waals surface area contributed by atoms with E-state index in [1.807, 2.05) is 12.1 Å². The molecule has 0 spiro atoms. The van der Waals surface area contributed by atoms with Crippen molar-refractivity contribution in [3.8, 4) is 5.75 Å². The Balaban J connectivity index is 2.17. The molecule has 72 valence electrons. The summed E-state index contributed by atoms with van der Waals surface area (Å²) in [4.78, 5) is 11.6. The van der Waals surface area contributed by atoms with Crippen LogP contribution >= 0.6 is 0 Å². The molecular weight excluding hydrogens is 178 g/mol. The first-order chi connectivity index (χ1) is 6.84.